The van der Waals surface area contributed by atoms with Gasteiger partial charge in [0.25, 0.3) is 0 Å². The topological polar surface area (TPSA) is 39.7 Å². The minimum Gasteiger partial charge on any atom is -0.363 e. The minimum absolute atomic E-state index is 0.345. The lowest BCUT2D eigenvalue weighted by molar-refractivity contribution is 0.359. The smallest absolute Gasteiger partial charge is 0.200 e. The van der Waals surface area contributed by atoms with Gasteiger partial charge in [-0.25, -0.2) is 0 Å². The Labute approximate surface area is 95.4 Å². The van der Waals surface area contributed by atoms with Crippen LogP contribution in [-0.4, -0.2) is 30.1 Å². The normalized spacial score (nSPS) is 22.4. The van der Waals surface area contributed by atoms with Crippen molar-refractivity contribution in [2.24, 2.45) is 4.99 Å². The van der Waals surface area contributed by atoms with Crippen LogP contribution >= 0.6 is 0 Å². The highest BCUT2D eigenvalue weighted by Crippen LogP contribution is 2.27. The molecule has 4 nitrogen and oxygen atoms in total. The van der Waals surface area contributed by atoms with Crippen molar-refractivity contribution in [1.82, 2.24) is 4.90 Å². The third kappa shape index (κ3) is 1.41. The van der Waals surface area contributed by atoms with Crippen LogP contribution in [0.25, 0.3) is 0 Å². The Balaban J connectivity index is 2.01. The van der Waals surface area contributed by atoms with Gasteiger partial charge in [0.1, 0.15) is 6.17 Å². The van der Waals surface area contributed by atoms with Gasteiger partial charge in [0.05, 0.1) is 17.9 Å². The molecule has 0 fully saturated rings. The van der Waals surface area contributed by atoms with E-state index in [0.717, 1.165) is 36.8 Å². The molecule has 0 saturated carbocycles. The lowest BCUT2D eigenvalue weighted by Crippen LogP contribution is -2.43. The van der Waals surface area contributed by atoms with Crippen LogP contribution in [0.15, 0.2) is 29.3 Å². The molecule has 3 rings (SSSR count). The monoisotopic (exact) mass is 216 g/mol. The third-order valence-corrected chi connectivity index (χ3v) is 3.13. The molecule has 16 heavy (non-hydrogen) atoms. The molecule has 1 aromatic rings. The SMILES string of the molecule is CCC1Nc2ccccc2NC2=NCCN21. The van der Waals surface area contributed by atoms with E-state index in [1.807, 2.05) is 6.07 Å². The molecule has 0 bridgehead atoms. The van der Waals surface area contributed by atoms with Gasteiger partial charge >= 0.3 is 0 Å². The Hall–Kier alpha value is -1.71. The van der Waals surface area contributed by atoms with E-state index in [9.17, 15) is 0 Å². The summed E-state index contributed by atoms with van der Waals surface area (Å²) in [5.74, 6) is 1.00. The highest BCUT2D eigenvalue weighted by molar-refractivity contribution is 5.99. The molecule has 0 aliphatic carbocycles. The number of anilines is 2. The number of fused-ring (bicyclic) bond motifs is 2. The molecule has 0 aromatic heterocycles. The summed E-state index contributed by atoms with van der Waals surface area (Å²) in [6, 6.07) is 8.28. The Morgan fingerprint density at radius 2 is 2.19 bits per heavy atom. The standard InChI is InChI=1S/C12H16N4/c1-2-11-14-9-5-3-4-6-10(9)15-12-13-7-8-16(11)12/h3-6,11,14H,2,7-8H2,1H3,(H,13,15). The van der Waals surface area contributed by atoms with Gasteiger partial charge in [0, 0.05) is 6.54 Å². The zero-order chi connectivity index (χ0) is 11.0. The number of nitrogens with zero attached hydrogens (tertiary/aromatic N) is 2. The zero-order valence-corrected chi connectivity index (χ0v) is 9.40. The van der Waals surface area contributed by atoms with Crippen LogP contribution in [0.3, 0.4) is 0 Å². The van der Waals surface area contributed by atoms with Crippen molar-refractivity contribution in [2.75, 3.05) is 23.7 Å². The number of rotatable bonds is 1. The minimum atomic E-state index is 0.345. The van der Waals surface area contributed by atoms with Gasteiger partial charge in [-0.3, -0.25) is 4.99 Å². The Kier molecular flexibility index (Phi) is 2.20. The molecule has 2 aliphatic rings. The number of hydrogen-bond acceptors (Lipinski definition) is 4. The Bertz CT molecular complexity index is 427. The van der Waals surface area contributed by atoms with Gasteiger partial charge in [-0.1, -0.05) is 19.1 Å². The molecular weight excluding hydrogens is 200 g/mol. The first-order valence-corrected chi connectivity index (χ1v) is 5.82. The number of benzene rings is 1. The van der Waals surface area contributed by atoms with Crippen LogP contribution in [0.2, 0.25) is 0 Å². The summed E-state index contributed by atoms with van der Waals surface area (Å²) in [5, 5.41) is 6.96. The van der Waals surface area contributed by atoms with E-state index >= 15 is 0 Å². The zero-order valence-electron chi connectivity index (χ0n) is 9.40. The summed E-state index contributed by atoms with van der Waals surface area (Å²) >= 11 is 0. The fourth-order valence-corrected chi connectivity index (χ4v) is 2.29. The molecule has 4 heteroatoms. The molecule has 2 N–H and O–H groups in total. The maximum absolute atomic E-state index is 4.51. The second-order valence-electron chi connectivity index (χ2n) is 4.14. The molecule has 1 aromatic carbocycles. The molecule has 0 saturated heterocycles. The largest absolute Gasteiger partial charge is 0.363 e. The average molecular weight is 216 g/mol. The predicted molar refractivity (Wildman–Crippen MR) is 66.8 cm³/mol. The number of aliphatic imine (C=N–C) groups is 1. The van der Waals surface area contributed by atoms with Crippen molar-refractivity contribution < 1.29 is 0 Å². The van der Waals surface area contributed by atoms with E-state index in [0.29, 0.717) is 6.17 Å². The molecule has 1 unspecified atom stereocenters. The van der Waals surface area contributed by atoms with Gasteiger partial charge in [0.2, 0.25) is 0 Å². The number of para-hydroxylation sites is 2. The maximum atomic E-state index is 4.51. The molecule has 0 amide bonds. The number of hydrogen-bond donors (Lipinski definition) is 2. The highest BCUT2D eigenvalue weighted by Gasteiger charge is 2.27. The van der Waals surface area contributed by atoms with Crippen LogP contribution in [0.5, 0.6) is 0 Å². The number of guanidine groups is 1. The summed E-state index contributed by atoms with van der Waals surface area (Å²) in [7, 11) is 0. The molecule has 0 radical (unpaired) electrons. The maximum Gasteiger partial charge on any atom is 0.200 e. The lowest BCUT2D eigenvalue weighted by atomic mass is 10.2. The molecule has 0 spiro atoms. The third-order valence-electron chi connectivity index (χ3n) is 3.13. The van der Waals surface area contributed by atoms with Gasteiger partial charge in [-0.15, -0.1) is 0 Å². The van der Waals surface area contributed by atoms with E-state index in [1.54, 1.807) is 0 Å². The first-order chi connectivity index (χ1) is 7.88. The fraction of sp³-hybridized carbons (Fsp3) is 0.417. The van der Waals surface area contributed by atoms with Crippen molar-refractivity contribution in [1.29, 1.82) is 0 Å². The van der Waals surface area contributed by atoms with Crippen molar-refractivity contribution in [3.63, 3.8) is 0 Å². The van der Waals surface area contributed by atoms with Gasteiger partial charge in [0.15, 0.2) is 5.96 Å². The molecular formula is C12H16N4. The van der Waals surface area contributed by atoms with E-state index in [2.05, 4.69) is 45.6 Å². The van der Waals surface area contributed by atoms with Gasteiger partial charge in [-0.05, 0) is 18.6 Å². The van der Waals surface area contributed by atoms with Crippen molar-refractivity contribution in [3.8, 4) is 0 Å². The van der Waals surface area contributed by atoms with E-state index in [4.69, 9.17) is 0 Å². The Morgan fingerprint density at radius 3 is 3.00 bits per heavy atom. The van der Waals surface area contributed by atoms with Crippen LogP contribution < -0.4 is 10.6 Å². The van der Waals surface area contributed by atoms with E-state index in [1.165, 1.54) is 0 Å². The highest BCUT2D eigenvalue weighted by atomic mass is 15.4. The molecule has 1 atom stereocenters. The summed E-state index contributed by atoms with van der Waals surface area (Å²) in [4.78, 5) is 6.81. The molecule has 2 aliphatic heterocycles. The lowest BCUT2D eigenvalue weighted by Gasteiger charge is -2.27. The quantitative estimate of drug-likeness (QED) is 0.753. The van der Waals surface area contributed by atoms with E-state index < -0.39 is 0 Å². The first-order valence-electron chi connectivity index (χ1n) is 5.82. The summed E-state index contributed by atoms with van der Waals surface area (Å²) in [6.07, 6.45) is 1.41. The van der Waals surface area contributed by atoms with Crippen LogP contribution in [-0.2, 0) is 0 Å². The Morgan fingerprint density at radius 1 is 1.38 bits per heavy atom. The second-order valence-corrected chi connectivity index (χ2v) is 4.14. The van der Waals surface area contributed by atoms with Crippen LogP contribution in [0.4, 0.5) is 11.4 Å². The van der Waals surface area contributed by atoms with Crippen molar-refractivity contribution in [2.45, 2.75) is 19.5 Å². The summed E-state index contributed by atoms with van der Waals surface area (Å²) in [5.41, 5.74) is 2.27. The van der Waals surface area contributed by atoms with Crippen molar-refractivity contribution in [3.05, 3.63) is 24.3 Å². The predicted octanol–water partition coefficient (Wildman–Crippen LogP) is 1.93. The van der Waals surface area contributed by atoms with Gasteiger partial charge in [-0.2, -0.15) is 0 Å². The first kappa shape index (κ1) is 9.51. The fourth-order valence-electron chi connectivity index (χ4n) is 2.29. The van der Waals surface area contributed by atoms with Crippen LogP contribution in [0, 0.1) is 0 Å². The average Bonchev–Trinajstić information content (AvgIpc) is 2.70. The van der Waals surface area contributed by atoms with Gasteiger partial charge < -0.3 is 15.5 Å². The number of nitrogens with one attached hydrogen (secondary N) is 2. The van der Waals surface area contributed by atoms with Crippen molar-refractivity contribution >= 4 is 17.3 Å². The second kappa shape index (κ2) is 3.70. The summed E-state index contributed by atoms with van der Waals surface area (Å²) in [6.45, 7) is 4.09. The summed E-state index contributed by atoms with van der Waals surface area (Å²) < 4.78 is 0. The van der Waals surface area contributed by atoms with E-state index in [-0.39, 0.29) is 0 Å². The molecule has 2 heterocycles. The molecule has 84 valence electrons. The van der Waals surface area contributed by atoms with Crippen LogP contribution in [0.1, 0.15) is 13.3 Å².